The van der Waals surface area contributed by atoms with Crippen molar-refractivity contribution < 1.29 is 8.42 Å². The van der Waals surface area contributed by atoms with Crippen LogP contribution in [0.25, 0.3) is 10.9 Å². The first kappa shape index (κ1) is 16.3. The zero-order chi connectivity index (χ0) is 17.3. The van der Waals surface area contributed by atoms with Gasteiger partial charge in [0.05, 0.1) is 10.4 Å². The molecule has 1 atom stereocenters. The fourth-order valence-corrected chi connectivity index (χ4v) is 4.73. The van der Waals surface area contributed by atoms with E-state index < -0.39 is 10.0 Å². The highest BCUT2D eigenvalue weighted by Gasteiger charge is 2.19. The van der Waals surface area contributed by atoms with Crippen molar-refractivity contribution in [3.63, 3.8) is 0 Å². The Morgan fingerprint density at radius 2 is 1.92 bits per heavy atom. The van der Waals surface area contributed by atoms with Crippen LogP contribution in [0.1, 0.15) is 12.0 Å². The molecule has 6 heteroatoms. The van der Waals surface area contributed by atoms with Crippen molar-refractivity contribution in [2.24, 2.45) is 0 Å². The first-order valence-corrected chi connectivity index (χ1v) is 9.94. The third-order valence-corrected chi connectivity index (χ3v) is 6.43. The van der Waals surface area contributed by atoms with Gasteiger partial charge in [0, 0.05) is 30.7 Å². The van der Waals surface area contributed by atoms with Gasteiger partial charge >= 0.3 is 0 Å². The molecule has 2 heterocycles. The third kappa shape index (κ3) is 3.08. The molecule has 1 unspecified atom stereocenters. The third-order valence-electron chi connectivity index (χ3n) is 4.73. The van der Waals surface area contributed by atoms with E-state index in [0.29, 0.717) is 16.5 Å². The molecule has 1 aliphatic rings. The lowest BCUT2D eigenvalue weighted by molar-refractivity contribution is 0.549. The van der Waals surface area contributed by atoms with E-state index in [0.717, 1.165) is 37.0 Å². The van der Waals surface area contributed by atoms with Crippen LogP contribution in [-0.4, -0.2) is 31.5 Å². The van der Waals surface area contributed by atoms with Gasteiger partial charge in [0.1, 0.15) is 0 Å². The lowest BCUT2D eigenvalue weighted by Crippen LogP contribution is -2.30. The van der Waals surface area contributed by atoms with Crippen molar-refractivity contribution >= 4 is 20.9 Å². The SMILES string of the molecule is O=S(=O)(c1ccccc1)n1ccc2c(CNC3CCNC3)cccc21. The van der Waals surface area contributed by atoms with Crippen molar-refractivity contribution in [1.29, 1.82) is 0 Å². The number of nitrogens with zero attached hydrogens (tertiary/aromatic N) is 1. The van der Waals surface area contributed by atoms with E-state index in [1.165, 1.54) is 3.97 Å². The number of rotatable bonds is 5. The predicted molar refractivity (Wildman–Crippen MR) is 99.1 cm³/mol. The van der Waals surface area contributed by atoms with Gasteiger partial charge in [-0.15, -0.1) is 0 Å². The fraction of sp³-hybridized carbons (Fsp3) is 0.263. The first-order valence-electron chi connectivity index (χ1n) is 8.50. The van der Waals surface area contributed by atoms with Gasteiger partial charge in [0.25, 0.3) is 10.0 Å². The second-order valence-electron chi connectivity index (χ2n) is 6.35. The quantitative estimate of drug-likeness (QED) is 0.737. The van der Waals surface area contributed by atoms with Crippen LogP contribution in [0.15, 0.2) is 65.7 Å². The molecule has 1 aromatic heterocycles. The maximum Gasteiger partial charge on any atom is 0.268 e. The summed E-state index contributed by atoms with van der Waals surface area (Å²) in [6.07, 6.45) is 2.77. The smallest absolute Gasteiger partial charge is 0.268 e. The van der Waals surface area contributed by atoms with Gasteiger partial charge < -0.3 is 10.6 Å². The molecule has 0 aliphatic carbocycles. The van der Waals surface area contributed by atoms with E-state index in [4.69, 9.17) is 0 Å². The second-order valence-corrected chi connectivity index (χ2v) is 8.17. The Bertz CT molecular complexity index is 974. The Morgan fingerprint density at radius 3 is 2.68 bits per heavy atom. The highest BCUT2D eigenvalue weighted by molar-refractivity contribution is 7.90. The number of hydrogen-bond acceptors (Lipinski definition) is 4. The minimum atomic E-state index is -3.58. The van der Waals surface area contributed by atoms with E-state index in [1.807, 2.05) is 24.3 Å². The van der Waals surface area contributed by atoms with Crippen molar-refractivity contribution in [2.45, 2.75) is 23.9 Å². The Balaban J connectivity index is 1.69. The van der Waals surface area contributed by atoms with E-state index in [-0.39, 0.29) is 0 Å². The highest BCUT2D eigenvalue weighted by Crippen LogP contribution is 2.25. The molecule has 25 heavy (non-hydrogen) atoms. The average molecular weight is 355 g/mol. The number of aromatic nitrogens is 1. The maximum atomic E-state index is 12.9. The summed E-state index contributed by atoms with van der Waals surface area (Å²) < 4.78 is 27.2. The van der Waals surface area contributed by atoms with Crippen LogP contribution < -0.4 is 10.6 Å². The van der Waals surface area contributed by atoms with Crippen LogP contribution in [0.3, 0.4) is 0 Å². The molecular weight excluding hydrogens is 334 g/mol. The Morgan fingerprint density at radius 1 is 1.08 bits per heavy atom. The molecule has 5 nitrogen and oxygen atoms in total. The molecular formula is C19H21N3O2S. The molecule has 0 saturated carbocycles. The average Bonchev–Trinajstić information content (AvgIpc) is 3.30. The summed E-state index contributed by atoms with van der Waals surface area (Å²) >= 11 is 0. The first-order chi connectivity index (χ1) is 12.2. The minimum Gasteiger partial charge on any atom is -0.315 e. The molecule has 3 aromatic rings. The van der Waals surface area contributed by atoms with Gasteiger partial charge in [-0.2, -0.15) is 0 Å². The zero-order valence-corrected chi connectivity index (χ0v) is 14.7. The van der Waals surface area contributed by atoms with Crippen molar-refractivity contribution in [3.8, 4) is 0 Å². The molecule has 1 aliphatic heterocycles. The molecule has 4 rings (SSSR count). The van der Waals surface area contributed by atoms with Crippen LogP contribution in [0, 0.1) is 0 Å². The number of fused-ring (bicyclic) bond motifs is 1. The summed E-state index contributed by atoms with van der Waals surface area (Å²) in [6.45, 7) is 2.77. The van der Waals surface area contributed by atoms with Gasteiger partial charge in [-0.1, -0.05) is 30.3 Å². The summed E-state index contributed by atoms with van der Waals surface area (Å²) in [7, 11) is -3.58. The molecule has 0 amide bonds. The molecule has 2 N–H and O–H groups in total. The van der Waals surface area contributed by atoms with Gasteiger partial charge in [-0.05, 0) is 42.8 Å². The summed E-state index contributed by atoms with van der Waals surface area (Å²) in [4.78, 5) is 0.299. The molecule has 2 aromatic carbocycles. The zero-order valence-electron chi connectivity index (χ0n) is 13.9. The molecule has 1 saturated heterocycles. The standard InChI is InChI=1S/C19H21N3O2S/c23-25(24,17-6-2-1-3-7-17)22-12-10-18-15(5-4-8-19(18)22)13-21-16-9-11-20-14-16/h1-8,10,12,16,20-21H,9,11,13-14H2. The predicted octanol–water partition coefficient (Wildman–Crippen LogP) is 2.33. The summed E-state index contributed by atoms with van der Waals surface area (Å²) in [5.74, 6) is 0. The number of nitrogens with one attached hydrogen (secondary N) is 2. The number of benzene rings is 2. The molecule has 130 valence electrons. The van der Waals surface area contributed by atoms with Crippen LogP contribution >= 0.6 is 0 Å². The Labute approximate surface area is 147 Å². The molecule has 0 spiro atoms. The summed E-state index contributed by atoms with van der Waals surface area (Å²) in [5.41, 5.74) is 1.83. The number of hydrogen-bond donors (Lipinski definition) is 2. The molecule has 0 bridgehead atoms. The highest BCUT2D eigenvalue weighted by atomic mass is 32.2. The Kier molecular flexibility index (Phi) is 4.33. The van der Waals surface area contributed by atoms with E-state index in [1.54, 1.807) is 30.5 Å². The van der Waals surface area contributed by atoms with E-state index in [9.17, 15) is 8.42 Å². The van der Waals surface area contributed by atoms with Crippen molar-refractivity contribution in [2.75, 3.05) is 13.1 Å². The van der Waals surface area contributed by atoms with E-state index in [2.05, 4.69) is 16.7 Å². The molecule has 0 radical (unpaired) electrons. The van der Waals surface area contributed by atoms with Crippen LogP contribution in [0.2, 0.25) is 0 Å². The lowest BCUT2D eigenvalue weighted by Gasteiger charge is -2.12. The largest absolute Gasteiger partial charge is 0.315 e. The van der Waals surface area contributed by atoms with Gasteiger partial charge in [-0.3, -0.25) is 0 Å². The van der Waals surface area contributed by atoms with Crippen molar-refractivity contribution in [1.82, 2.24) is 14.6 Å². The lowest BCUT2D eigenvalue weighted by atomic mass is 10.1. The second kappa shape index (κ2) is 6.63. The topological polar surface area (TPSA) is 63.1 Å². The van der Waals surface area contributed by atoms with Gasteiger partial charge in [-0.25, -0.2) is 12.4 Å². The summed E-state index contributed by atoms with van der Waals surface area (Å²) in [5, 5.41) is 7.86. The van der Waals surface area contributed by atoms with Gasteiger partial charge in [0.2, 0.25) is 0 Å². The molecule has 1 fully saturated rings. The fourth-order valence-electron chi connectivity index (χ4n) is 3.36. The van der Waals surface area contributed by atoms with E-state index >= 15 is 0 Å². The van der Waals surface area contributed by atoms with Crippen molar-refractivity contribution in [3.05, 3.63) is 66.4 Å². The Hall–Kier alpha value is -2.15. The van der Waals surface area contributed by atoms with Gasteiger partial charge in [0.15, 0.2) is 0 Å². The monoisotopic (exact) mass is 355 g/mol. The summed E-state index contributed by atoms with van der Waals surface area (Å²) in [6, 6.07) is 16.7. The van der Waals surface area contributed by atoms with Crippen LogP contribution in [-0.2, 0) is 16.6 Å². The normalized spacial score (nSPS) is 18.0. The van der Waals surface area contributed by atoms with Crippen LogP contribution in [0.5, 0.6) is 0 Å². The maximum absolute atomic E-state index is 12.9. The van der Waals surface area contributed by atoms with Crippen LogP contribution in [0.4, 0.5) is 0 Å². The minimum absolute atomic E-state index is 0.299.